The lowest BCUT2D eigenvalue weighted by Gasteiger charge is -2.38. The number of carbonyl (C=O) groups excluding carboxylic acids is 1. The number of nitrogens with zero attached hydrogens (tertiary/aromatic N) is 3. The van der Waals surface area contributed by atoms with Crippen molar-refractivity contribution in [3.8, 4) is 11.5 Å². The molecule has 0 radical (unpaired) electrons. The molecule has 0 unspecified atom stereocenters. The van der Waals surface area contributed by atoms with E-state index in [0.717, 1.165) is 43.6 Å². The molecule has 0 aliphatic carbocycles. The lowest BCUT2D eigenvalue weighted by molar-refractivity contribution is -0.385. The number of nitro groups is 1. The fraction of sp³-hybridized carbons (Fsp3) is 0.458. The number of benzene rings is 2. The minimum Gasteiger partial charge on any atom is -0.493 e. The van der Waals surface area contributed by atoms with Gasteiger partial charge in [-0.2, -0.15) is 0 Å². The van der Waals surface area contributed by atoms with Crippen molar-refractivity contribution in [2.45, 2.75) is 45.2 Å². The van der Waals surface area contributed by atoms with Crippen LogP contribution in [0.25, 0.3) is 0 Å². The first kappa shape index (κ1) is 23.5. The summed E-state index contributed by atoms with van der Waals surface area (Å²) in [6.45, 7) is 4.06. The molecule has 3 rings (SSSR count). The van der Waals surface area contributed by atoms with Gasteiger partial charge in [0.25, 0.3) is 5.69 Å². The second kappa shape index (κ2) is 10.9. The Balaban J connectivity index is 1.75. The molecule has 1 aliphatic rings. The lowest BCUT2D eigenvalue weighted by atomic mass is 10.0. The van der Waals surface area contributed by atoms with Gasteiger partial charge in [0.05, 0.1) is 19.1 Å². The van der Waals surface area contributed by atoms with Crippen molar-refractivity contribution < 1.29 is 19.2 Å². The zero-order valence-corrected chi connectivity index (χ0v) is 19.0. The van der Waals surface area contributed by atoms with Crippen molar-refractivity contribution in [1.29, 1.82) is 0 Å². The number of carbonyl (C=O) groups is 1. The maximum Gasteiger partial charge on any atom is 0.273 e. The normalized spacial score (nSPS) is 14.7. The highest BCUT2D eigenvalue weighted by atomic mass is 16.6. The Kier molecular flexibility index (Phi) is 8.05. The van der Waals surface area contributed by atoms with Crippen LogP contribution >= 0.6 is 0 Å². The lowest BCUT2D eigenvalue weighted by Crippen LogP contribution is -2.47. The monoisotopic (exact) mass is 441 g/mol. The summed E-state index contributed by atoms with van der Waals surface area (Å²) in [5.41, 5.74) is 1.67. The molecule has 32 heavy (non-hydrogen) atoms. The zero-order chi connectivity index (χ0) is 23.1. The average molecular weight is 442 g/mol. The zero-order valence-electron chi connectivity index (χ0n) is 19.0. The van der Waals surface area contributed by atoms with Crippen molar-refractivity contribution in [1.82, 2.24) is 4.90 Å². The summed E-state index contributed by atoms with van der Waals surface area (Å²) in [4.78, 5) is 28.2. The summed E-state index contributed by atoms with van der Waals surface area (Å²) in [6, 6.07) is 12.5. The summed E-state index contributed by atoms with van der Waals surface area (Å²) < 4.78 is 10.8. The molecule has 1 amide bonds. The van der Waals surface area contributed by atoms with Crippen LogP contribution < -0.4 is 14.4 Å². The van der Waals surface area contributed by atoms with Gasteiger partial charge < -0.3 is 14.4 Å². The Morgan fingerprint density at radius 1 is 1.12 bits per heavy atom. The van der Waals surface area contributed by atoms with E-state index in [2.05, 4.69) is 4.90 Å². The van der Waals surface area contributed by atoms with Crippen molar-refractivity contribution in [3.63, 3.8) is 0 Å². The molecule has 0 aromatic heterocycles. The summed E-state index contributed by atoms with van der Waals surface area (Å²) in [5, 5.41) is 11.3. The van der Waals surface area contributed by atoms with E-state index < -0.39 is 0 Å². The standard InChI is InChI=1S/C24H31N3O5/c1-4-7-24(28)26(20-10-11-22(31-2)23(16-20)32-3)19-12-14-25(15-13-19)17-18-8-5-6-9-21(18)27(29)30/h5-6,8-11,16,19H,4,7,12-15,17H2,1-3H3. The number of para-hydroxylation sites is 1. The summed E-state index contributed by atoms with van der Waals surface area (Å²) in [7, 11) is 3.17. The molecule has 1 fully saturated rings. The van der Waals surface area contributed by atoms with E-state index in [1.165, 1.54) is 0 Å². The highest BCUT2D eigenvalue weighted by Crippen LogP contribution is 2.34. The van der Waals surface area contributed by atoms with Gasteiger partial charge in [-0.3, -0.25) is 19.8 Å². The molecule has 172 valence electrons. The first-order valence-corrected chi connectivity index (χ1v) is 11.0. The van der Waals surface area contributed by atoms with Gasteiger partial charge in [-0.05, 0) is 31.4 Å². The molecule has 0 bridgehead atoms. The van der Waals surface area contributed by atoms with E-state index in [9.17, 15) is 14.9 Å². The minimum absolute atomic E-state index is 0.0640. The molecular weight excluding hydrogens is 410 g/mol. The second-order valence-corrected chi connectivity index (χ2v) is 7.95. The van der Waals surface area contributed by atoms with Crippen molar-refractivity contribution >= 4 is 17.3 Å². The predicted octanol–water partition coefficient (Wildman–Crippen LogP) is 4.41. The number of likely N-dealkylation sites (tertiary alicyclic amines) is 1. The smallest absolute Gasteiger partial charge is 0.273 e. The summed E-state index contributed by atoms with van der Waals surface area (Å²) >= 11 is 0. The number of hydrogen-bond donors (Lipinski definition) is 0. The summed E-state index contributed by atoms with van der Waals surface area (Å²) in [5.74, 6) is 1.31. The van der Waals surface area contributed by atoms with E-state index in [0.29, 0.717) is 24.5 Å². The largest absolute Gasteiger partial charge is 0.493 e. The molecule has 2 aromatic carbocycles. The van der Waals surface area contributed by atoms with Gasteiger partial charge in [-0.15, -0.1) is 0 Å². The third kappa shape index (κ3) is 5.37. The third-order valence-corrected chi connectivity index (χ3v) is 5.88. The second-order valence-electron chi connectivity index (χ2n) is 7.95. The molecule has 8 nitrogen and oxygen atoms in total. The van der Waals surface area contributed by atoms with E-state index in [4.69, 9.17) is 9.47 Å². The maximum absolute atomic E-state index is 13.1. The van der Waals surface area contributed by atoms with Crippen LogP contribution in [0.3, 0.4) is 0 Å². The topological polar surface area (TPSA) is 85.2 Å². The van der Waals surface area contributed by atoms with Gasteiger partial charge in [0, 0.05) is 55.5 Å². The minimum atomic E-state index is -0.329. The van der Waals surface area contributed by atoms with Gasteiger partial charge in [0.1, 0.15) is 0 Å². The fourth-order valence-electron chi connectivity index (χ4n) is 4.27. The number of methoxy groups -OCH3 is 2. The van der Waals surface area contributed by atoms with Crippen LogP contribution in [0, 0.1) is 10.1 Å². The number of amides is 1. The van der Waals surface area contributed by atoms with E-state index in [-0.39, 0.29) is 22.6 Å². The van der Waals surface area contributed by atoms with E-state index in [1.807, 2.05) is 42.2 Å². The molecule has 1 aliphatic heterocycles. The molecule has 2 aromatic rings. The predicted molar refractivity (Wildman–Crippen MR) is 123 cm³/mol. The number of nitro benzene ring substituents is 1. The van der Waals surface area contributed by atoms with Crippen LogP contribution in [0.2, 0.25) is 0 Å². The molecule has 0 atom stereocenters. The van der Waals surface area contributed by atoms with Crippen LogP contribution in [0.15, 0.2) is 42.5 Å². The number of ether oxygens (including phenoxy) is 2. The van der Waals surface area contributed by atoms with Crippen LogP contribution in [0.5, 0.6) is 11.5 Å². The first-order chi connectivity index (χ1) is 15.5. The highest BCUT2D eigenvalue weighted by molar-refractivity contribution is 5.94. The number of rotatable bonds is 9. The number of piperidine rings is 1. The van der Waals surface area contributed by atoms with Crippen molar-refractivity contribution in [2.75, 3.05) is 32.2 Å². The van der Waals surface area contributed by atoms with Crippen LogP contribution in [-0.4, -0.2) is 49.1 Å². The Morgan fingerprint density at radius 2 is 1.81 bits per heavy atom. The molecule has 1 saturated heterocycles. The molecule has 0 N–H and O–H groups in total. The van der Waals surface area contributed by atoms with Gasteiger partial charge in [0.2, 0.25) is 5.91 Å². The number of hydrogen-bond acceptors (Lipinski definition) is 6. The van der Waals surface area contributed by atoms with Crippen LogP contribution in [0.1, 0.15) is 38.2 Å². The Hall–Kier alpha value is -3.13. The SMILES string of the molecule is CCCC(=O)N(c1ccc(OC)c(OC)c1)C1CCN(Cc2ccccc2[N+](=O)[O-])CC1. The third-order valence-electron chi connectivity index (χ3n) is 5.88. The van der Waals surface area contributed by atoms with Crippen LogP contribution in [0.4, 0.5) is 11.4 Å². The Morgan fingerprint density at radius 3 is 2.44 bits per heavy atom. The molecular formula is C24H31N3O5. The van der Waals surface area contributed by atoms with Gasteiger partial charge >= 0.3 is 0 Å². The average Bonchev–Trinajstić information content (AvgIpc) is 2.80. The molecule has 0 spiro atoms. The quantitative estimate of drug-likeness (QED) is 0.423. The van der Waals surface area contributed by atoms with Crippen molar-refractivity contribution in [3.05, 3.63) is 58.1 Å². The number of anilines is 1. The van der Waals surface area contributed by atoms with Gasteiger partial charge in [-0.1, -0.05) is 25.1 Å². The van der Waals surface area contributed by atoms with Crippen LogP contribution in [-0.2, 0) is 11.3 Å². The Bertz CT molecular complexity index is 941. The van der Waals surface area contributed by atoms with Gasteiger partial charge in [-0.25, -0.2) is 0 Å². The first-order valence-electron chi connectivity index (χ1n) is 11.0. The molecule has 8 heteroatoms. The highest BCUT2D eigenvalue weighted by Gasteiger charge is 2.30. The van der Waals surface area contributed by atoms with E-state index in [1.54, 1.807) is 26.4 Å². The van der Waals surface area contributed by atoms with E-state index >= 15 is 0 Å². The summed E-state index contributed by atoms with van der Waals surface area (Å²) in [6.07, 6.45) is 2.85. The molecule has 1 heterocycles. The fourth-order valence-corrected chi connectivity index (χ4v) is 4.27. The molecule has 0 saturated carbocycles. The van der Waals surface area contributed by atoms with Crippen molar-refractivity contribution in [2.24, 2.45) is 0 Å². The Labute approximate surface area is 188 Å². The maximum atomic E-state index is 13.1. The van der Waals surface area contributed by atoms with Gasteiger partial charge in [0.15, 0.2) is 11.5 Å².